The average Bonchev–Trinajstić information content (AvgIpc) is 2.67. The summed E-state index contributed by atoms with van der Waals surface area (Å²) in [6.45, 7) is 2.16. The Morgan fingerprint density at radius 3 is 1.72 bits per heavy atom. The molecule has 0 spiro atoms. The predicted molar refractivity (Wildman–Crippen MR) is 97.8 cm³/mol. The molecule has 2 aromatic rings. The maximum Gasteiger partial charge on any atom is 0.160 e. The van der Waals surface area contributed by atoms with Crippen molar-refractivity contribution in [2.24, 2.45) is 0 Å². The first-order valence-corrected chi connectivity index (χ1v) is 8.08. The third-order valence-corrected chi connectivity index (χ3v) is 4.30. The summed E-state index contributed by atoms with van der Waals surface area (Å²) >= 11 is 0. The first kappa shape index (κ1) is 18.8. The number of methoxy groups -OCH3 is 5. The summed E-state index contributed by atoms with van der Waals surface area (Å²) in [5, 5.41) is 0. The van der Waals surface area contributed by atoms with E-state index in [1.807, 2.05) is 24.3 Å². The summed E-state index contributed by atoms with van der Waals surface area (Å²) in [6.07, 6.45) is 0.756. The van der Waals surface area contributed by atoms with Crippen molar-refractivity contribution in [1.82, 2.24) is 0 Å². The van der Waals surface area contributed by atoms with Gasteiger partial charge in [0.25, 0.3) is 0 Å². The Hall–Kier alpha value is -2.56. The van der Waals surface area contributed by atoms with Crippen molar-refractivity contribution >= 4 is 0 Å². The lowest BCUT2D eigenvalue weighted by Crippen LogP contribution is -2.04. The number of rotatable bonds is 8. The summed E-state index contributed by atoms with van der Waals surface area (Å²) in [7, 11) is 8.20. The Morgan fingerprint density at radius 1 is 0.680 bits per heavy atom. The molecule has 0 aliphatic rings. The van der Waals surface area contributed by atoms with Crippen LogP contribution in [0.25, 0.3) is 0 Å². The van der Waals surface area contributed by atoms with Crippen LogP contribution in [0.2, 0.25) is 0 Å². The van der Waals surface area contributed by atoms with E-state index in [0.29, 0.717) is 5.75 Å². The Balaban J connectivity index is 2.35. The Morgan fingerprint density at radius 2 is 1.24 bits per heavy atom. The van der Waals surface area contributed by atoms with Crippen LogP contribution in [0.4, 0.5) is 0 Å². The Kier molecular flexibility index (Phi) is 6.39. The molecule has 0 unspecified atom stereocenters. The molecule has 0 heterocycles. The molecule has 0 fully saturated rings. The second kappa shape index (κ2) is 8.51. The van der Waals surface area contributed by atoms with Gasteiger partial charge in [-0.15, -0.1) is 0 Å². The van der Waals surface area contributed by atoms with Crippen LogP contribution in [-0.4, -0.2) is 35.5 Å². The smallest absolute Gasteiger partial charge is 0.160 e. The van der Waals surface area contributed by atoms with E-state index in [9.17, 15) is 0 Å². The topological polar surface area (TPSA) is 46.2 Å². The van der Waals surface area contributed by atoms with Crippen molar-refractivity contribution < 1.29 is 23.7 Å². The highest BCUT2D eigenvalue weighted by Crippen LogP contribution is 2.38. The van der Waals surface area contributed by atoms with Crippen molar-refractivity contribution in [2.75, 3.05) is 35.5 Å². The fourth-order valence-corrected chi connectivity index (χ4v) is 2.86. The molecule has 0 N–H and O–H groups in total. The number of hydrogen-bond donors (Lipinski definition) is 0. The molecule has 5 heteroatoms. The van der Waals surface area contributed by atoms with E-state index in [0.717, 1.165) is 40.5 Å². The summed E-state index contributed by atoms with van der Waals surface area (Å²) in [4.78, 5) is 0. The summed E-state index contributed by atoms with van der Waals surface area (Å²) < 4.78 is 27.1. The standard InChI is InChI=1S/C20H26O5/c1-13(14-7-8-17(22-3)20(10-14)25-6)9-16-18(23-4)11-15(21-2)12-19(16)24-5/h7-8,10-13H,9H2,1-6H3/t13-/m1/s1. The van der Waals surface area contributed by atoms with E-state index in [2.05, 4.69) is 13.0 Å². The van der Waals surface area contributed by atoms with E-state index in [1.165, 1.54) is 0 Å². The average molecular weight is 346 g/mol. The zero-order chi connectivity index (χ0) is 18.4. The van der Waals surface area contributed by atoms with Gasteiger partial charge in [-0.25, -0.2) is 0 Å². The van der Waals surface area contributed by atoms with Gasteiger partial charge < -0.3 is 23.7 Å². The minimum atomic E-state index is 0.232. The van der Waals surface area contributed by atoms with E-state index < -0.39 is 0 Å². The van der Waals surface area contributed by atoms with Gasteiger partial charge in [0.2, 0.25) is 0 Å². The van der Waals surface area contributed by atoms with E-state index in [4.69, 9.17) is 23.7 Å². The van der Waals surface area contributed by atoms with Crippen LogP contribution in [0.1, 0.15) is 24.0 Å². The first-order chi connectivity index (χ1) is 12.1. The normalized spacial score (nSPS) is 11.6. The second-order valence-corrected chi connectivity index (χ2v) is 5.73. The summed E-state index contributed by atoms with van der Waals surface area (Å²) in [5.41, 5.74) is 2.16. The zero-order valence-electron chi connectivity index (χ0n) is 15.7. The molecule has 25 heavy (non-hydrogen) atoms. The fraction of sp³-hybridized carbons (Fsp3) is 0.400. The quantitative estimate of drug-likeness (QED) is 0.721. The van der Waals surface area contributed by atoms with Crippen LogP contribution >= 0.6 is 0 Å². The summed E-state index contributed by atoms with van der Waals surface area (Å²) in [6, 6.07) is 9.73. The van der Waals surface area contributed by atoms with Crippen LogP contribution in [0.3, 0.4) is 0 Å². The van der Waals surface area contributed by atoms with Gasteiger partial charge in [-0.1, -0.05) is 13.0 Å². The highest BCUT2D eigenvalue weighted by Gasteiger charge is 2.18. The number of ether oxygens (including phenoxy) is 5. The minimum absolute atomic E-state index is 0.232. The van der Waals surface area contributed by atoms with E-state index in [-0.39, 0.29) is 5.92 Å². The lowest BCUT2D eigenvalue weighted by atomic mass is 9.92. The summed E-state index contributed by atoms with van der Waals surface area (Å²) in [5.74, 6) is 3.89. The van der Waals surface area contributed by atoms with Crippen LogP contribution in [-0.2, 0) is 6.42 Å². The highest BCUT2D eigenvalue weighted by molar-refractivity contribution is 5.52. The largest absolute Gasteiger partial charge is 0.496 e. The van der Waals surface area contributed by atoms with Crippen molar-refractivity contribution in [3.63, 3.8) is 0 Å². The van der Waals surface area contributed by atoms with Gasteiger partial charge in [-0.05, 0) is 30.0 Å². The molecule has 2 rings (SSSR count). The van der Waals surface area contributed by atoms with Gasteiger partial charge in [-0.2, -0.15) is 0 Å². The van der Waals surface area contributed by atoms with Crippen LogP contribution < -0.4 is 23.7 Å². The molecule has 136 valence electrons. The van der Waals surface area contributed by atoms with E-state index in [1.54, 1.807) is 35.5 Å². The molecule has 0 radical (unpaired) electrons. The van der Waals surface area contributed by atoms with E-state index >= 15 is 0 Å². The van der Waals surface area contributed by atoms with Crippen molar-refractivity contribution in [2.45, 2.75) is 19.3 Å². The molecule has 2 aromatic carbocycles. The molecule has 0 amide bonds. The van der Waals surface area contributed by atoms with Crippen molar-refractivity contribution in [3.8, 4) is 28.7 Å². The van der Waals surface area contributed by atoms with Gasteiger partial charge >= 0.3 is 0 Å². The van der Waals surface area contributed by atoms with Gasteiger partial charge in [0, 0.05) is 17.7 Å². The monoisotopic (exact) mass is 346 g/mol. The van der Waals surface area contributed by atoms with Crippen LogP contribution in [0, 0.1) is 0 Å². The number of benzene rings is 2. The maximum atomic E-state index is 5.54. The van der Waals surface area contributed by atoms with Crippen molar-refractivity contribution in [3.05, 3.63) is 41.5 Å². The number of hydrogen-bond acceptors (Lipinski definition) is 5. The van der Waals surface area contributed by atoms with Gasteiger partial charge in [0.05, 0.1) is 35.5 Å². The molecule has 0 bridgehead atoms. The molecule has 1 atom stereocenters. The molecule has 0 aliphatic heterocycles. The lowest BCUT2D eigenvalue weighted by molar-refractivity contribution is 0.354. The predicted octanol–water partition coefficient (Wildman–Crippen LogP) is 4.08. The molecule has 0 aliphatic carbocycles. The Labute approximate surface area is 149 Å². The lowest BCUT2D eigenvalue weighted by Gasteiger charge is -2.19. The highest BCUT2D eigenvalue weighted by atomic mass is 16.5. The SMILES string of the molecule is COc1cc(OC)c(C[C@@H](C)c2ccc(OC)c(OC)c2)c(OC)c1. The fourth-order valence-electron chi connectivity index (χ4n) is 2.86. The van der Waals surface area contributed by atoms with Crippen LogP contribution in [0.15, 0.2) is 30.3 Å². The molecule has 0 aromatic heterocycles. The third kappa shape index (κ3) is 4.10. The molecule has 0 saturated heterocycles. The second-order valence-electron chi connectivity index (χ2n) is 5.73. The van der Waals surface area contributed by atoms with Gasteiger partial charge in [0.1, 0.15) is 17.2 Å². The minimum Gasteiger partial charge on any atom is -0.496 e. The Bertz CT molecular complexity index is 686. The van der Waals surface area contributed by atoms with Gasteiger partial charge in [0.15, 0.2) is 11.5 Å². The molecule has 0 saturated carbocycles. The molecular formula is C20H26O5. The molecular weight excluding hydrogens is 320 g/mol. The zero-order valence-corrected chi connectivity index (χ0v) is 15.7. The maximum absolute atomic E-state index is 5.54. The first-order valence-electron chi connectivity index (χ1n) is 8.08. The van der Waals surface area contributed by atoms with Crippen molar-refractivity contribution in [1.29, 1.82) is 0 Å². The van der Waals surface area contributed by atoms with Gasteiger partial charge in [-0.3, -0.25) is 0 Å². The van der Waals surface area contributed by atoms with Crippen LogP contribution in [0.5, 0.6) is 28.7 Å². The third-order valence-electron chi connectivity index (χ3n) is 4.30. The molecule has 5 nitrogen and oxygen atoms in total.